The Bertz CT molecular complexity index is 575. The molecule has 0 aliphatic heterocycles. The molecule has 1 heterocycles. The molecule has 1 aliphatic carbocycles. The first-order chi connectivity index (χ1) is 9.78. The summed E-state index contributed by atoms with van der Waals surface area (Å²) in [6, 6.07) is 8.45. The first-order valence-corrected chi connectivity index (χ1v) is 8.29. The second-order valence-electron chi connectivity index (χ2n) is 5.95. The summed E-state index contributed by atoms with van der Waals surface area (Å²) in [5.41, 5.74) is 2.39. The molecule has 1 aromatic carbocycles. The quantitative estimate of drug-likeness (QED) is 0.587. The van der Waals surface area contributed by atoms with Crippen LogP contribution in [0.3, 0.4) is 0 Å². The molecule has 0 bridgehead atoms. The van der Waals surface area contributed by atoms with Gasteiger partial charge in [-0.05, 0) is 44.2 Å². The van der Waals surface area contributed by atoms with Crippen molar-refractivity contribution in [3.8, 4) is 0 Å². The lowest BCUT2D eigenvalue weighted by Gasteiger charge is -2.16. The molecule has 3 rings (SSSR count). The van der Waals surface area contributed by atoms with E-state index in [2.05, 4.69) is 35.8 Å². The number of aromatic nitrogens is 2. The van der Waals surface area contributed by atoms with Gasteiger partial charge in [-0.2, -0.15) is 0 Å². The standard InChI is InChI=1S/C17H23ClN2/c1-2-20-16-10-6-5-9-15(16)19-17(20)12-13-7-3-4-8-14(18)11-13/h5-6,9-10,13-14H,2-4,7-8,11-12H2,1H3. The largest absolute Gasteiger partial charge is 0.328 e. The molecule has 0 amide bonds. The van der Waals surface area contributed by atoms with E-state index in [0.29, 0.717) is 11.3 Å². The van der Waals surface area contributed by atoms with Gasteiger partial charge in [-0.25, -0.2) is 4.98 Å². The normalized spacial score (nSPS) is 23.9. The average Bonchev–Trinajstić information content (AvgIpc) is 2.66. The molecule has 0 radical (unpaired) electrons. The van der Waals surface area contributed by atoms with Gasteiger partial charge < -0.3 is 4.57 Å². The number of nitrogens with zero attached hydrogens (tertiary/aromatic N) is 2. The lowest BCUT2D eigenvalue weighted by Crippen LogP contribution is -2.12. The molecule has 0 N–H and O–H groups in total. The third kappa shape index (κ3) is 2.85. The summed E-state index contributed by atoms with van der Waals surface area (Å²) in [5, 5.41) is 0.363. The van der Waals surface area contributed by atoms with E-state index in [4.69, 9.17) is 16.6 Å². The molecule has 1 aliphatic rings. The van der Waals surface area contributed by atoms with Crippen LogP contribution >= 0.6 is 11.6 Å². The zero-order chi connectivity index (χ0) is 13.9. The van der Waals surface area contributed by atoms with Crippen molar-refractivity contribution < 1.29 is 0 Å². The highest BCUT2D eigenvalue weighted by Gasteiger charge is 2.21. The minimum absolute atomic E-state index is 0.363. The van der Waals surface area contributed by atoms with Crippen LogP contribution in [0, 0.1) is 5.92 Å². The van der Waals surface area contributed by atoms with Crippen molar-refractivity contribution in [1.29, 1.82) is 0 Å². The number of imidazole rings is 1. The van der Waals surface area contributed by atoms with Crippen LogP contribution in [0.25, 0.3) is 11.0 Å². The van der Waals surface area contributed by atoms with Gasteiger partial charge in [0.15, 0.2) is 0 Å². The summed E-state index contributed by atoms with van der Waals surface area (Å²) >= 11 is 6.41. The first kappa shape index (κ1) is 13.9. The molecule has 2 unspecified atom stereocenters. The molecule has 0 saturated heterocycles. The molecule has 2 atom stereocenters. The van der Waals surface area contributed by atoms with E-state index in [-0.39, 0.29) is 0 Å². The number of hydrogen-bond acceptors (Lipinski definition) is 1. The molecule has 1 saturated carbocycles. The van der Waals surface area contributed by atoms with E-state index < -0.39 is 0 Å². The van der Waals surface area contributed by atoms with Crippen molar-refractivity contribution in [2.75, 3.05) is 0 Å². The maximum Gasteiger partial charge on any atom is 0.110 e. The van der Waals surface area contributed by atoms with Crippen LogP contribution in [-0.2, 0) is 13.0 Å². The average molecular weight is 291 g/mol. The van der Waals surface area contributed by atoms with Crippen LogP contribution < -0.4 is 0 Å². The van der Waals surface area contributed by atoms with Crippen molar-refractivity contribution in [1.82, 2.24) is 9.55 Å². The topological polar surface area (TPSA) is 17.8 Å². The van der Waals surface area contributed by atoms with Crippen molar-refractivity contribution in [2.24, 2.45) is 5.92 Å². The molecule has 0 spiro atoms. The second-order valence-corrected chi connectivity index (χ2v) is 6.57. The molecule has 2 aromatic rings. The van der Waals surface area contributed by atoms with Crippen LogP contribution in [0.5, 0.6) is 0 Å². The van der Waals surface area contributed by atoms with E-state index in [1.165, 1.54) is 37.0 Å². The second kappa shape index (κ2) is 6.17. The Kier molecular flexibility index (Phi) is 4.30. The Morgan fingerprint density at radius 1 is 1.25 bits per heavy atom. The highest BCUT2D eigenvalue weighted by molar-refractivity contribution is 6.20. The lowest BCUT2D eigenvalue weighted by molar-refractivity contribution is 0.443. The van der Waals surface area contributed by atoms with Gasteiger partial charge in [0, 0.05) is 18.3 Å². The summed E-state index contributed by atoms with van der Waals surface area (Å²) in [4.78, 5) is 4.85. The fourth-order valence-electron chi connectivity index (χ4n) is 3.47. The van der Waals surface area contributed by atoms with Gasteiger partial charge in [0.1, 0.15) is 5.82 Å². The fourth-order valence-corrected chi connectivity index (χ4v) is 3.88. The molecular weight excluding hydrogens is 268 g/mol. The minimum atomic E-state index is 0.363. The number of para-hydroxylation sites is 2. The van der Waals surface area contributed by atoms with Gasteiger partial charge in [0.05, 0.1) is 11.0 Å². The van der Waals surface area contributed by atoms with E-state index in [9.17, 15) is 0 Å². The Morgan fingerprint density at radius 2 is 2.05 bits per heavy atom. The number of hydrogen-bond donors (Lipinski definition) is 0. The molecule has 108 valence electrons. The minimum Gasteiger partial charge on any atom is -0.328 e. The highest BCUT2D eigenvalue weighted by Crippen LogP contribution is 2.29. The maximum atomic E-state index is 6.41. The zero-order valence-corrected chi connectivity index (χ0v) is 12.9. The Labute approximate surface area is 126 Å². The van der Waals surface area contributed by atoms with Gasteiger partial charge in [0.25, 0.3) is 0 Å². The highest BCUT2D eigenvalue weighted by atomic mass is 35.5. The Balaban J connectivity index is 1.86. The number of benzene rings is 1. The lowest BCUT2D eigenvalue weighted by atomic mass is 9.96. The molecule has 2 nitrogen and oxygen atoms in total. The van der Waals surface area contributed by atoms with Gasteiger partial charge >= 0.3 is 0 Å². The van der Waals surface area contributed by atoms with Gasteiger partial charge in [-0.1, -0.05) is 25.0 Å². The van der Waals surface area contributed by atoms with Crippen molar-refractivity contribution in [3.05, 3.63) is 30.1 Å². The SMILES string of the molecule is CCn1c(CC2CCCCC(Cl)C2)nc2ccccc21. The van der Waals surface area contributed by atoms with E-state index in [0.717, 1.165) is 24.9 Å². The van der Waals surface area contributed by atoms with Crippen LogP contribution in [0.1, 0.15) is 44.9 Å². The Morgan fingerprint density at radius 3 is 2.90 bits per heavy atom. The van der Waals surface area contributed by atoms with Gasteiger partial charge in [-0.3, -0.25) is 0 Å². The predicted molar refractivity (Wildman–Crippen MR) is 85.3 cm³/mol. The number of rotatable bonds is 3. The smallest absolute Gasteiger partial charge is 0.110 e. The summed E-state index contributed by atoms with van der Waals surface area (Å²) in [6.07, 6.45) is 7.31. The number of fused-ring (bicyclic) bond motifs is 1. The summed E-state index contributed by atoms with van der Waals surface area (Å²) in [6.45, 7) is 3.20. The Hall–Kier alpha value is -1.02. The fraction of sp³-hybridized carbons (Fsp3) is 0.588. The van der Waals surface area contributed by atoms with Crippen LogP contribution in [-0.4, -0.2) is 14.9 Å². The zero-order valence-electron chi connectivity index (χ0n) is 12.2. The monoisotopic (exact) mass is 290 g/mol. The van der Waals surface area contributed by atoms with Crippen LogP contribution in [0.4, 0.5) is 0 Å². The number of aryl methyl sites for hydroxylation is 1. The molecule has 1 aromatic heterocycles. The molecule has 3 heteroatoms. The third-order valence-electron chi connectivity index (χ3n) is 4.49. The number of alkyl halides is 1. The first-order valence-electron chi connectivity index (χ1n) is 7.86. The molecular formula is C17H23ClN2. The van der Waals surface area contributed by atoms with E-state index in [1.54, 1.807) is 0 Å². The maximum absolute atomic E-state index is 6.41. The summed E-state index contributed by atoms with van der Waals surface area (Å²) in [5.74, 6) is 1.94. The van der Waals surface area contributed by atoms with Gasteiger partial charge in [0.2, 0.25) is 0 Å². The summed E-state index contributed by atoms with van der Waals surface area (Å²) < 4.78 is 2.36. The predicted octanol–water partition coefficient (Wildman–Crippen LogP) is 4.79. The van der Waals surface area contributed by atoms with Gasteiger partial charge in [-0.15, -0.1) is 11.6 Å². The van der Waals surface area contributed by atoms with Crippen molar-refractivity contribution in [2.45, 2.75) is 57.4 Å². The molecule has 20 heavy (non-hydrogen) atoms. The number of halogens is 1. The van der Waals surface area contributed by atoms with E-state index >= 15 is 0 Å². The van der Waals surface area contributed by atoms with E-state index in [1.807, 2.05) is 0 Å². The van der Waals surface area contributed by atoms with Crippen LogP contribution in [0.15, 0.2) is 24.3 Å². The molecule has 1 fully saturated rings. The third-order valence-corrected chi connectivity index (χ3v) is 4.89. The van der Waals surface area contributed by atoms with Crippen LogP contribution in [0.2, 0.25) is 0 Å². The van der Waals surface area contributed by atoms with Crippen molar-refractivity contribution >= 4 is 22.6 Å². The summed E-state index contributed by atoms with van der Waals surface area (Å²) in [7, 11) is 0. The van der Waals surface area contributed by atoms with Crippen molar-refractivity contribution in [3.63, 3.8) is 0 Å².